The van der Waals surface area contributed by atoms with Gasteiger partial charge in [0.2, 0.25) is 0 Å². The van der Waals surface area contributed by atoms with E-state index in [1.165, 1.54) is 0 Å². The van der Waals surface area contributed by atoms with Crippen LogP contribution in [0.1, 0.15) is 29.6 Å². The smallest absolute Gasteiger partial charge is 0.335 e. The van der Waals surface area contributed by atoms with E-state index in [4.69, 9.17) is 4.74 Å². The van der Waals surface area contributed by atoms with Crippen molar-refractivity contribution in [2.45, 2.75) is 25.9 Å². The number of methoxy groups -OCH3 is 1. The molecule has 29 heavy (non-hydrogen) atoms. The Bertz CT molecular complexity index is 1040. The Kier molecular flexibility index (Phi) is 5.58. The van der Waals surface area contributed by atoms with Crippen molar-refractivity contribution in [3.8, 4) is 5.75 Å². The first-order valence-electron chi connectivity index (χ1n) is 9.47. The van der Waals surface area contributed by atoms with Crippen molar-refractivity contribution in [2.24, 2.45) is 0 Å². The third kappa shape index (κ3) is 4.15. The van der Waals surface area contributed by atoms with Crippen LogP contribution in [0.3, 0.4) is 0 Å². The van der Waals surface area contributed by atoms with Gasteiger partial charge in [-0.15, -0.1) is 11.3 Å². The standard InChI is InChI=1S/C20H25N5O2PS/c1-4-15-10-24-28(26,25-15)17(11-23-20-12-21-13(2)9-22-20)19-7-14-5-6-16(27-3)8-18(14)29-19/h5-10,12,17,24-26H,4,11H2,1-3H3,(H,22,23)/q+1. The minimum absolute atomic E-state index is 0.158. The summed E-state index contributed by atoms with van der Waals surface area (Å²) in [5.41, 5.74) is 1.73. The van der Waals surface area contributed by atoms with Gasteiger partial charge < -0.3 is 10.1 Å². The first-order chi connectivity index (χ1) is 14.0. The molecule has 2 atom stereocenters. The van der Waals surface area contributed by atoms with Crippen molar-refractivity contribution >= 4 is 35.0 Å². The van der Waals surface area contributed by atoms with E-state index >= 15 is 0 Å². The molecule has 4 N–H and O–H groups in total. The number of benzene rings is 1. The lowest BCUT2D eigenvalue weighted by Gasteiger charge is -2.24. The minimum atomic E-state index is -2.67. The van der Waals surface area contributed by atoms with E-state index in [-0.39, 0.29) is 5.66 Å². The van der Waals surface area contributed by atoms with E-state index < -0.39 is 7.79 Å². The van der Waals surface area contributed by atoms with E-state index in [2.05, 4.69) is 44.5 Å². The van der Waals surface area contributed by atoms with Gasteiger partial charge in [0, 0.05) is 4.70 Å². The Balaban J connectivity index is 1.65. The Morgan fingerprint density at radius 3 is 2.83 bits per heavy atom. The number of anilines is 1. The summed E-state index contributed by atoms with van der Waals surface area (Å²) in [6, 6.07) is 8.20. The lowest BCUT2D eigenvalue weighted by molar-refractivity contribution is 0.415. The average Bonchev–Trinajstić information content (AvgIpc) is 3.32. The molecule has 1 aliphatic heterocycles. The normalized spacial score (nSPS) is 19.4. The molecule has 152 valence electrons. The number of aromatic nitrogens is 2. The highest BCUT2D eigenvalue weighted by atomic mass is 32.1. The second kappa shape index (κ2) is 8.14. The van der Waals surface area contributed by atoms with Gasteiger partial charge in [0.15, 0.2) is 5.66 Å². The maximum atomic E-state index is 11.5. The lowest BCUT2D eigenvalue weighted by atomic mass is 10.2. The van der Waals surface area contributed by atoms with Crippen LogP contribution in [0.15, 0.2) is 48.6 Å². The van der Waals surface area contributed by atoms with Crippen LogP contribution in [0.25, 0.3) is 10.1 Å². The fourth-order valence-electron chi connectivity index (χ4n) is 3.23. The van der Waals surface area contributed by atoms with Crippen LogP contribution in [-0.4, -0.2) is 28.5 Å². The van der Waals surface area contributed by atoms with Crippen LogP contribution in [0.4, 0.5) is 5.82 Å². The number of fused-ring (bicyclic) bond motifs is 1. The van der Waals surface area contributed by atoms with Crippen LogP contribution in [0.5, 0.6) is 5.75 Å². The minimum Gasteiger partial charge on any atom is -0.497 e. The molecular weight excluding hydrogens is 405 g/mol. The molecular formula is C20H25N5O2PS+. The Morgan fingerprint density at radius 2 is 2.14 bits per heavy atom. The molecule has 0 spiro atoms. The zero-order valence-electron chi connectivity index (χ0n) is 16.6. The van der Waals surface area contributed by atoms with Crippen molar-refractivity contribution in [2.75, 3.05) is 19.0 Å². The van der Waals surface area contributed by atoms with Gasteiger partial charge in [0.05, 0.1) is 48.5 Å². The summed E-state index contributed by atoms with van der Waals surface area (Å²) in [7, 11) is -0.999. The molecule has 0 bridgehead atoms. The number of nitrogens with one attached hydrogen (secondary N) is 3. The summed E-state index contributed by atoms with van der Waals surface area (Å²) >= 11 is 1.68. The third-order valence-corrected chi connectivity index (χ3v) is 8.81. The summed E-state index contributed by atoms with van der Waals surface area (Å²) in [4.78, 5) is 21.3. The van der Waals surface area contributed by atoms with Crippen molar-refractivity contribution in [3.63, 3.8) is 0 Å². The summed E-state index contributed by atoms with van der Waals surface area (Å²) in [5.74, 6) is 1.52. The monoisotopic (exact) mass is 430 g/mol. The van der Waals surface area contributed by atoms with Crippen LogP contribution in [-0.2, 0) is 0 Å². The van der Waals surface area contributed by atoms with Crippen LogP contribution in [0, 0.1) is 6.92 Å². The first kappa shape index (κ1) is 19.9. The first-order valence-corrected chi connectivity index (χ1v) is 12.1. The summed E-state index contributed by atoms with van der Waals surface area (Å²) in [6.45, 7) is 4.50. The lowest BCUT2D eigenvalue weighted by Crippen LogP contribution is -2.26. The van der Waals surface area contributed by atoms with E-state index in [9.17, 15) is 4.89 Å². The second-order valence-electron chi connectivity index (χ2n) is 6.94. The number of allylic oxidation sites excluding steroid dienone is 1. The SMILES string of the molecule is CCC1=CN[P+](O)(C(CNc2cnc(C)cn2)c2cc3ccc(OC)cc3s2)N1. The van der Waals surface area contributed by atoms with E-state index in [0.29, 0.717) is 12.4 Å². The molecule has 2 aromatic heterocycles. The number of aryl methyl sites for hydroxylation is 1. The van der Waals surface area contributed by atoms with Gasteiger partial charge in [-0.1, -0.05) is 6.92 Å². The number of hydrogen-bond acceptors (Lipinski definition) is 8. The van der Waals surface area contributed by atoms with Gasteiger partial charge in [-0.05, 0) is 43.0 Å². The fraction of sp³-hybridized carbons (Fsp3) is 0.300. The zero-order valence-corrected chi connectivity index (χ0v) is 18.3. The molecule has 7 nitrogen and oxygen atoms in total. The van der Waals surface area contributed by atoms with E-state index in [0.717, 1.165) is 38.5 Å². The molecule has 0 fully saturated rings. The Morgan fingerprint density at radius 1 is 1.28 bits per heavy atom. The number of hydrogen-bond donors (Lipinski definition) is 4. The number of rotatable bonds is 7. The maximum absolute atomic E-state index is 11.5. The summed E-state index contributed by atoms with van der Waals surface area (Å²) < 4.78 is 6.49. The largest absolute Gasteiger partial charge is 0.497 e. The fourth-order valence-corrected chi connectivity index (χ4v) is 7.14. The van der Waals surface area contributed by atoms with Crippen LogP contribution in [0.2, 0.25) is 0 Å². The van der Waals surface area contributed by atoms with E-state index in [1.54, 1.807) is 30.8 Å². The Labute approximate surface area is 174 Å². The van der Waals surface area contributed by atoms with Crippen molar-refractivity contribution in [1.29, 1.82) is 0 Å². The maximum Gasteiger partial charge on any atom is 0.335 e. The van der Waals surface area contributed by atoms with Crippen molar-refractivity contribution in [3.05, 3.63) is 59.1 Å². The molecule has 3 aromatic rings. The third-order valence-electron chi connectivity index (χ3n) is 4.91. The summed E-state index contributed by atoms with van der Waals surface area (Å²) in [6.07, 6.45) is 6.18. The molecule has 0 amide bonds. The van der Waals surface area contributed by atoms with Crippen molar-refractivity contribution < 1.29 is 9.63 Å². The molecule has 2 unspecified atom stereocenters. The second-order valence-corrected chi connectivity index (χ2v) is 10.5. The van der Waals surface area contributed by atoms with E-state index in [1.807, 2.05) is 25.3 Å². The molecule has 3 heterocycles. The van der Waals surface area contributed by atoms with Crippen LogP contribution >= 0.6 is 19.1 Å². The van der Waals surface area contributed by atoms with Gasteiger partial charge in [0.25, 0.3) is 0 Å². The molecule has 1 aliphatic rings. The van der Waals surface area contributed by atoms with Crippen molar-refractivity contribution in [1.82, 2.24) is 20.1 Å². The highest BCUT2D eigenvalue weighted by Gasteiger charge is 2.50. The molecule has 9 heteroatoms. The molecule has 1 aromatic carbocycles. The number of thiophene rings is 1. The predicted octanol–water partition coefficient (Wildman–Crippen LogP) is 4.36. The number of ether oxygens (including phenoxy) is 1. The highest BCUT2D eigenvalue weighted by molar-refractivity contribution is 7.67. The number of nitrogens with zero attached hydrogens (tertiary/aromatic N) is 2. The van der Waals surface area contributed by atoms with Gasteiger partial charge in [-0.25, -0.2) is 20.1 Å². The topological polar surface area (TPSA) is 91.3 Å². The summed E-state index contributed by atoms with van der Waals surface area (Å²) in [5, 5.41) is 11.1. The molecule has 0 radical (unpaired) electrons. The molecule has 4 rings (SSSR count). The predicted molar refractivity (Wildman–Crippen MR) is 120 cm³/mol. The van der Waals surface area contributed by atoms with Crippen LogP contribution < -0.4 is 20.2 Å². The molecule has 0 saturated heterocycles. The molecule has 0 saturated carbocycles. The van der Waals surface area contributed by atoms with Gasteiger partial charge >= 0.3 is 7.79 Å². The van der Waals surface area contributed by atoms with Gasteiger partial charge in [0.1, 0.15) is 11.6 Å². The van der Waals surface area contributed by atoms with Gasteiger partial charge in [-0.2, -0.15) is 0 Å². The average molecular weight is 430 g/mol. The zero-order chi connectivity index (χ0) is 20.4. The molecule has 0 aliphatic carbocycles. The Hall–Kier alpha value is -2.41. The highest BCUT2D eigenvalue weighted by Crippen LogP contribution is 2.63. The quantitative estimate of drug-likeness (QED) is 0.414. The van der Waals surface area contributed by atoms with Gasteiger partial charge in [-0.3, -0.25) is 4.98 Å².